The van der Waals surface area contributed by atoms with E-state index in [1.165, 1.54) is 12.1 Å². The Morgan fingerprint density at radius 1 is 0.609 bits per heavy atom. The van der Waals surface area contributed by atoms with E-state index < -0.39 is 0 Å². The Morgan fingerprint density at radius 3 is 2.00 bits per heavy atom. The van der Waals surface area contributed by atoms with Crippen molar-refractivity contribution in [3.63, 3.8) is 0 Å². The van der Waals surface area contributed by atoms with Crippen LogP contribution in [0.15, 0.2) is 78.9 Å². The van der Waals surface area contributed by atoms with Crippen LogP contribution < -0.4 is 0 Å². The lowest BCUT2D eigenvalue weighted by Gasteiger charge is -2.08. The maximum Gasteiger partial charge on any atom is 0.194 e. The molecule has 23 heavy (non-hydrogen) atoms. The van der Waals surface area contributed by atoms with Crippen LogP contribution in [0.25, 0.3) is 11.1 Å². The second-order valence-electron chi connectivity index (χ2n) is 5.50. The number of carbonyl (C=O) groups is 1. The van der Waals surface area contributed by atoms with Gasteiger partial charge in [0.1, 0.15) is 5.82 Å². The molecule has 0 aliphatic heterocycles. The summed E-state index contributed by atoms with van der Waals surface area (Å²) >= 11 is 0. The molecular weight excluding hydrogens is 287 g/mol. The zero-order valence-electron chi connectivity index (χ0n) is 12.3. The second kappa shape index (κ2) is 5.33. The molecule has 0 radical (unpaired) electrons. The lowest BCUT2D eigenvalue weighted by molar-refractivity contribution is 0.105. The number of allylic oxidation sites excluding steroid dienone is 1. The number of benzene rings is 3. The molecule has 0 unspecified atom stereocenters. The van der Waals surface area contributed by atoms with Gasteiger partial charge in [0, 0.05) is 16.7 Å². The van der Waals surface area contributed by atoms with E-state index in [2.05, 4.69) is 0 Å². The minimum atomic E-state index is -0.306. The summed E-state index contributed by atoms with van der Waals surface area (Å²) in [7, 11) is 0. The number of ketones is 1. The summed E-state index contributed by atoms with van der Waals surface area (Å²) in [6.07, 6.45) is 0. The number of hydrogen-bond donors (Lipinski definition) is 0. The van der Waals surface area contributed by atoms with Crippen molar-refractivity contribution >= 4 is 16.9 Å². The number of halogens is 1. The number of fused-ring (bicyclic) bond motifs is 1. The molecule has 0 amide bonds. The van der Waals surface area contributed by atoms with Gasteiger partial charge in [-0.05, 0) is 28.8 Å². The van der Waals surface area contributed by atoms with Gasteiger partial charge in [0.2, 0.25) is 0 Å². The fourth-order valence-corrected chi connectivity index (χ4v) is 3.11. The average molecular weight is 300 g/mol. The first-order chi connectivity index (χ1) is 11.3. The standard InChI is InChI=1S/C21H13FO/c22-16-10-6-9-15(13-16)19-17-11-4-5-12-18(17)21(23)20(19)14-7-2-1-3-8-14/h1-13H. The monoisotopic (exact) mass is 300 g/mol. The molecule has 0 spiro atoms. The van der Waals surface area contributed by atoms with Crippen LogP contribution in [0.4, 0.5) is 4.39 Å². The third-order valence-corrected chi connectivity index (χ3v) is 4.09. The largest absolute Gasteiger partial charge is 0.289 e. The minimum absolute atomic E-state index is 0.00828. The van der Waals surface area contributed by atoms with E-state index in [9.17, 15) is 9.18 Å². The van der Waals surface area contributed by atoms with Crippen LogP contribution in [0.1, 0.15) is 27.0 Å². The maximum atomic E-state index is 13.7. The average Bonchev–Trinajstić information content (AvgIpc) is 2.89. The molecular formula is C21H13FO. The summed E-state index contributed by atoms with van der Waals surface area (Å²) in [6, 6.07) is 23.5. The van der Waals surface area contributed by atoms with Gasteiger partial charge in [-0.2, -0.15) is 0 Å². The van der Waals surface area contributed by atoms with Gasteiger partial charge in [-0.15, -0.1) is 0 Å². The van der Waals surface area contributed by atoms with Crippen molar-refractivity contribution in [1.29, 1.82) is 0 Å². The molecule has 1 nitrogen and oxygen atoms in total. The molecule has 0 fully saturated rings. The van der Waals surface area contributed by atoms with Crippen LogP contribution in [-0.2, 0) is 0 Å². The molecule has 0 atom stereocenters. The molecule has 0 saturated heterocycles. The molecule has 0 heterocycles. The SMILES string of the molecule is O=C1C(c2ccccc2)=C(c2cccc(F)c2)c2ccccc21. The van der Waals surface area contributed by atoms with E-state index >= 15 is 0 Å². The summed E-state index contributed by atoms with van der Waals surface area (Å²) in [5.41, 5.74) is 4.55. The third kappa shape index (κ3) is 2.20. The van der Waals surface area contributed by atoms with Gasteiger partial charge in [-0.3, -0.25) is 4.79 Å². The highest BCUT2D eigenvalue weighted by Gasteiger charge is 2.30. The molecule has 0 aromatic heterocycles. The molecule has 2 heteroatoms. The van der Waals surface area contributed by atoms with Crippen LogP contribution >= 0.6 is 0 Å². The van der Waals surface area contributed by atoms with Crippen molar-refractivity contribution in [2.45, 2.75) is 0 Å². The lowest BCUT2D eigenvalue weighted by Crippen LogP contribution is -1.98. The molecule has 1 aliphatic rings. The summed E-state index contributed by atoms with van der Waals surface area (Å²) in [4.78, 5) is 12.9. The van der Waals surface area contributed by atoms with Crippen molar-refractivity contribution in [2.75, 3.05) is 0 Å². The first kappa shape index (κ1) is 13.6. The summed E-state index contributed by atoms with van der Waals surface area (Å²) in [6.45, 7) is 0. The van der Waals surface area contributed by atoms with Crippen molar-refractivity contribution < 1.29 is 9.18 Å². The highest BCUT2D eigenvalue weighted by molar-refractivity contribution is 6.41. The normalized spacial score (nSPS) is 13.3. The first-order valence-electron chi connectivity index (χ1n) is 7.45. The van der Waals surface area contributed by atoms with Crippen LogP contribution in [0.3, 0.4) is 0 Å². The van der Waals surface area contributed by atoms with Gasteiger partial charge in [0.25, 0.3) is 0 Å². The van der Waals surface area contributed by atoms with Crippen LogP contribution in [-0.4, -0.2) is 5.78 Å². The third-order valence-electron chi connectivity index (χ3n) is 4.09. The zero-order chi connectivity index (χ0) is 15.8. The zero-order valence-corrected chi connectivity index (χ0v) is 12.3. The summed E-state index contributed by atoms with van der Waals surface area (Å²) in [5, 5.41) is 0. The Morgan fingerprint density at radius 2 is 1.26 bits per heavy atom. The number of Topliss-reactive ketones (excluding diaryl/α,β-unsaturated/α-hetero) is 1. The molecule has 0 N–H and O–H groups in total. The topological polar surface area (TPSA) is 17.1 Å². The number of carbonyl (C=O) groups excluding carboxylic acids is 1. The highest BCUT2D eigenvalue weighted by atomic mass is 19.1. The highest BCUT2D eigenvalue weighted by Crippen LogP contribution is 2.41. The molecule has 3 aromatic rings. The van der Waals surface area contributed by atoms with Gasteiger partial charge < -0.3 is 0 Å². The van der Waals surface area contributed by atoms with Crippen LogP contribution in [0, 0.1) is 5.82 Å². The molecule has 1 aliphatic carbocycles. The number of rotatable bonds is 2. The molecule has 3 aromatic carbocycles. The van der Waals surface area contributed by atoms with Crippen molar-refractivity contribution in [2.24, 2.45) is 0 Å². The van der Waals surface area contributed by atoms with Crippen molar-refractivity contribution in [3.05, 3.63) is 107 Å². The van der Waals surface area contributed by atoms with Gasteiger partial charge in [0.05, 0.1) is 0 Å². The predicted molar refractivity (Wildman–Crippen MR) is 89.5 cm³/mol. The van der Waals surface area contributed by atoms with Gasteiger partial charge in [0.15, 0.2) is 5.78 Å². The van der Waals surface area contributed by atoms with E-state index in [-0.39, 0.29) is 11.6 Å². The summed E-state index contributed by atoms with van der Waals surface area (Å²) in [5.74, 6) is -0.315. The van der Waals surface area contributed by atoms with Crippen LogP contribution in [0.5, 0.6) is 0 Å². The smallest absolute Gasteiger partial charge is 0.194 e. The minimum Gasteiger partial charge on any atom is -0.289 e. The van der Waals surface area contributed by atoms with Crippen molar-refractivity contribution in [1.82, 2.24) is 0 Å². The maximum absolute atomic E-state index is 13.7. The van der Waals surface area contributed by atoms with Gasteiger partial charge in [-0.1, -0.05) is 66.7 Å². The fourth-order valence-electron chi connectivity index (χ4n) is 3.11. The molecule has 0 bridgehead atoms. The second-order valence-corrected chi connectivity index (χ2v) is 5.50. The Bertz CT molecular complexity index is 939. The van der Waals surface area contributed by atoms with Gasteiger partial charge in [-0.25, -0.2) is 4.39 Å². The molecule has 0 saturated carbocycles. The predicted octanol–water partition coefficient (Wildman–Crippen LogP) is 4.98. The Labute approximate surface area is 133 Å². The van der Waals surface area contributed by atoms with E-state index in [1.807, 2.05) is 60.7 Å². The fraction of sp³-hybridized carbons (Fsp3) is 0. The Balaban J connectivity index is 2.05. The lowest BCUT2D eigenvalue weighted by atomic mass is 9.94. The molecule has 4 rings (SSSR count). The van der Waals surface area contributed by atoms with E-state index in [0.717, 1.165) is 22.3 Å². The summed E-state index contributed by atoms with van der Waals surface area (Å²) < 4.78 is 13.7. The quantitative estimate of drug-likeness (QED) is 0.652. The Kier molecular flexibility index (Phi) is 3.16. The van der Waals surface area contributed by atoms with Crippen LogP contribution in [0.2, 0.25) is 0 Å². The molecule has 110 valence electrons. The van der Waals surface area contributed by atoms with Gasteiger partial charge >= 0.3 is 0 Å². The van der Waals surface area contributed by atoms with E-state index in [4.69, 9.17) is 0 Å². The first-order valence-corrected chi connectivity index (χ1v) is 7.45. The van der Waals surface area contributed by atoms with E-state index in [0.29, 0.717) is 11.1 Å². The Hall–Kier alpha value is -3.00. The number of hydrogen-bond acceptors (Lipinski definition) is 1. The van der Waals surface area contributed by atoms with Crippen molar-refractivity contribution in [3.8, 4) is 0 Å². The van der Waals surface area contributed by atoms with E-state index in [1.54, 1.807) is 6.07 Å².